The van der Waals surface area contributed by atoms with Crippen LogP contribution in [0.5, 0.6) is 11.5 Å². The smallest absolute Gasteiger partial charge is 0.321 e. The molecule has 1 unspecified atom stereocenters. The van der Waals surface area contributed by atoms with E-state index >= 15 is 0 Å². The van der Waals surface area contributed by atoms with E-state index in [9.17, 15) is 9.59 Å². The molecule has 29 heavy (non-hydrogen) atoms. The molecule has 0 radical (unpaired) electrons. The highest BCUT2D eigenvalue weighted by molar-refractivity contribution is 5.90. The Morgan fingerprint density at radius 3 is 2.03 bits per heavy atom. The number of para-hydroxylation sites is 2. The van der Waals surface area contributed by atoms with E-state index in [0.29, 0.717) is 17.9 Å². The quantitative estimate of drug-likeness (QED) is 0.441. The van der Waals surface area contributed by atoms with Gasteiger partial charge in [0.15, 0.2) is 0 Å². The molecular weight excluding hydrogens is 364 g/mol. The van der Waals surface area contributed by atoms with E-state index in [1.165, 1.54) is 0 Å². The number of carbonyl (C=O) groups is 2. The number of hydrogen-bond donors (Lipinski definition) is 0. The summed E-state index contributed by atoms with van der Waals surface area (Å²) >= 11 is 0. The Hall–Kier alpha value is -3.40. The lowest BCUT2D eigenvalue weighted by atomic mass is 9.70. The maximum Gasteiger partial charge on any atom is 0.321 e. The number of benzene rings is 3. The van der Waals surface area contributed by atoms with Crippen molar-refractivity contribution in [3.8, 4) is 11.5 Å². The van der Waals surface area contributed by atoms with E-state index in [1.807, 2.05) is 85.8 Å². The second kappa shape index (κ2) is 7.92. The van der Waals surface area contributed by atoms with Gasteiger partial charge in [0.2, 0.25) is 0 Å². The fourth-order valence-electron chi connectivity index (χ4n) is 4.03. The highest BCUT2D eigenvalue weighted by atomic mass is 16.5. The first kappa shape index (κ1) is 18.9. The summed E-state index contributed by atoms with van der Waals surface area (Å²) in [5.41, 5.74) is 1.42. The minimum Gasteiger partial charge on any atom is -0.464 e. The van der Waals surface area contributed by atoms with Crippen LogP contribution >= 0.6 is 0 Å². The Bertz CT molecular complexity index is 980. The predicted octanol–water partition coefficient (Wildman–Crippen LogP) is 5.01. The summed E-state index contributed by atoms with van der Waals surface area (Å²) in [4.78, 5) is 25.2. The molecule has 0 spiro atoms. The first-order chi connectivity index (χ1) is 14.2. The molecule has 0 fully saturated rings. The van der Waals surface area contributed by atoms with Crippen LogP contribution in [0, 0.1) is 0 Å². The summed E-state index contributed by atoms with van der Waals surface area (Å²) in [6.07, 6.45) is 1.34. The molecule has 3 aromatic carbocycles. The third-order valence-electron chi connectivity index (χ3n) is 5.58. The second-order valence-electron chi connectivity index (χ2n) is 7.10. The third kappa shape index (κ3) is 3.21. The summed E-state index contributed by atoms with van der Waals surface area (Å²) in [6.45, 7) is 1.97. The Morgan fingerprint density at radius 2 is 1.48 bits per heavy atom. The van der Waals surface area contributed by atoms with Gasteiger partial charge in [-0.25, -0.2) is 0 Å². The fraction of sp³-hybridized carbons (Fsp3) is 0.200. The van der Waals surface area contributed by atoms with Crippen LogP contribution in [0.4, 0.5) is 0 Å². The first-order valence-electron chi connectivity index (χ1n) is 9.75. The minimum atomic E-state index is -0.977. The van der Waals surface area contributed by atoms with E-state index in [1.54, 1.807) is 0 Å². The first-order valence-corrected chi connectivity index (χ1v) is 9.75. The number of aldehydes is 1. The van der Waals surface area contributed by atoms with Gasteiger partial charge in [-0.1, -0.05) is 73.7 Å². The van der Waals surface area contributed by atoms with Crippen molar-refractivity contribution in [2.75, 3.05) is 6.61 Å². The van der Waals surface area contributed by atoms with Gasteiger partial charge in [-0.2, -0.15) is 0 Å². The molecule has 1 aliphatic heterocycles. The average molecular weight is 386 g/mol. The highest BCUT2D eigenvalue weighted by Gasteiger charge is 2.48. The van der Waals surface area contributed by atoms with E-state index in [4.69, 9.17) is 9.47 Å². The van der Waals surface area contributed by atoms with Crippen LogP contribution in [-0.2, 0) is 19.7 Å². The summed E-state index contributed by atoms with van der Waals surface area (Å²) in [5.74, 6) is 0.436. The van der Waals surface area contributed by atoms with E-state index in [2.05, 4.69) is 0 Å². The van der Waals surface area contributed by atoms with Crippen LogP contribution in [0.25, 0.3) is 0 Å². The fourth-order valence-corrected chi connectivity index (χ4v) is 4.03. The number of hydrogen-bond acceptors (Lipinski definition) is 4. The number of rotatable bonds is 6. The maximum atomic E-state index is 13.5. The summed E-state index contributed by atoms with van der Waals surface area (Å²) in [6, 6.07) is 24.4. The number of fused-ring (bicyclic) bond motifs is 2. The van der Waals surface area contributed by atoms with Crippen LogP contribution in [0.1, 0.15) is 36.0 Å². The molecule has 1 heterocycles. The van der Waals surface area contributed by atoms with Crippen molar-refractivity contribution in [1.29, 1.82) is 0 Å². The minimum absolute atomic E-state index is 0.000707. The lowest BCUT2D eigenvalue weighted by molar-refractivity contribution is -0.150. The normalized spacial score (nSPS) is 14.7. The highest BCUT2D eigenvalue weighted by Crippen LogP contribution is 2.50. The van der Waals surface area contributed by atoms with Crippen molar-refractivity contribution in [1.82, 2.24) is 0 Å². The molecule has 1 atom stereocenters. The molecule has 4 nitrogen and oxygen atoms in total. The zero-order valence-corrected chi connectivity index (χ0v) is 16.2. The van der Waals surface area contributed by atoms with Gasteiger partial charge in [0, 0.05) is 11.1 Å². The van der Waals surface area contributed by atoms with Crippen molar-refractivity contribution >= 4 is 12.3 Å². The summed E-state index contributed by atoms with van der Waals surface area (Å²) < 4.78 is 11.8. The Morgan fingerprint density at radius 1 is 0.931 bits per heavy atom. The van der Waals surface area contributed by atoms with Gasteiger partial charge in [-0.05, 0) is 24.1 Å². The Balaban J connectivity index is 1.70. The van der Waals surface area contributed by atoms with E-state index < -0.39 is 11.3 Å². The third-order valence-corrected chi connectivity index (χ3v) is 5.58. The molecule has 0 aromatic heterocycles. The van der Waals surface area contributed by atoms with Crippen molar-refractivity contribution in [2.45, 2.75) is 24.7 Å². The average Bonchev–Trinajstić information content (AvgIpc) is 2.78. The van der Waals surface area contributed by atoms with Crippen LogP contribution in [0.2, 0.25) is 0 Å². The molecule has 3 aromatic rings. The van der Waals surface area contributed by atoms with Crippen LogP contribution in [-0.4, -0.2) is 18.9 Å². The molecule has 0 N–H and O–H groups in total. The molecule has 0 amide bonds. The van der Waals surface area contributed by atoms with Crippen LogP contribution in [0.15, 0.2) is 78.9 Å². The van der Waals surface area contributed by atoms with Crippen molar-refractivity contribution < 1.29 is 19.1 Å². The van der Waals surface area contributed by atoms with E-state index in [0.717, 1.165) is 23.0 Å². The monoisotopic (exact) mass is 386 g/mol. The molecule has 0 aliphatic carbocycles. The standard InChI is InChI=1S/C25H22O4/c1-2-25(24(27)28-17-19(16-26)18-10-4-3-5-11-18)20-12-6-8-14-22(20)29-23-15-9-7-13-21(23)25/h3-16,19H,2,17H2,1H3. The van der Waals surface area contributed by atoms with Gasteiger partial charge in [-0.3, -0.25) is 4.79 Å². The van der Waals surface area contributed by atoms with Crippen LogP contribution < -0.4 is 4.74 Å². The number of carbonyl (C=O) groups excluding carboxylic acids is 2. The Labute approximate surface area is 170 Å². The summed E-state index contributed by atoms with van der Waals surface area (Å²) in [7, 11) is 0. The van der Waals surface area contributed by atoms with Gasteiger partial charge in [-0.15, -0.1) is 0 Å². The zero-order valence-electron chi connectivity index (χ0n) is 16.2. The second-order valence-corrected chi connectivity index (χ2v) is 7.10. The van der Waals surface area contributed by atoms with Gasteiger partial charge < -0.3 is 14.3 Å². The van der Waals surface area contributed by atoms with E-state index in [-0.39, 0.29) is 12.6 Å². The van der Waals surface area contributed by atoms with Crippen molar-refractivity contribution in [3.05, 3.63) is 95.6 Å². The molecule has 146 valence electrons. The number of ether oxygens (including phenoxy) is 2. The molecule has 0 saturated carbocycles. The largest absolute Gasteiger partial charge is 0.464 e. The lowest BCUT2D eigenvalue weighted by Crippen LogP contribution is -2.41. The lowest BCUT2D eigenvalue weighted by Gasteiger charge is -2.37. The predicted molar refractivity (Wildman–Crippen MR) is 110 cm³/mol. The molecule has 4 heteroatoms. The molecular formula is C25H22O4. The van der Waals surface area contributed by atoms with Gasteiger partial charge >= 0.3 is 5.97 Å². The summed E-state index contributed by atoms with van der Waals surface area (Å²) in [5, 5.41) is 0. The molecule has 1 aliphatic rings. The molecule has 4 rings (SSSR count). The van der Waals surface area contributed by atoms with Gasteiger partial charge in [0.25, 0.3) is 0 Å². The number of esters is 1. The van der Waals surface area contributed by atoms with Gasteiger partial charge in [0.05, 0.1) is 5.92 Å². The van der Waals surface area contributed by atoms with Gasteiger partial charge in [0.1, 0.15) is 29.8 Å². The Kier molecular flexibility index (Phi) is 5.17. The van der Waals surface area contributed by atoms with Crippen LogP contribution in [0.3, 0.4) is 0 Å². The molecule has 0 bridgehead atoms. The van der Waals surface area contributed by atoms with Crippen molar-refractivity contribution in [2.24, 2.45) is 0 Å². The zero-order chi connectivity index (χ0) is 20.3. The van der Waals surface area contributed by atoms with Crippen molar-refractivity contribution in [3.63, 3.8) is 0 Å². The SMILES string of the molecule is CCC1(C(=O)OCC(C=O)c2ccccc2)c2ccccc2Oc2ccccc21. The topological polar surface area (TPSA) is 52.6 Å². The molecule has 0 saturated heterocycles. The maximum absolute atomic E-state index is 13.5.